The predicted molar refractivity (Wildman–Crippen MR) is 129 cm³/mol. The third kappa shape index (κ3) is 5.04. The van der Waals surface area contributed by atoms with Crippen molar-refractivity contribution in [3.8, 4) is 17.1 Å². The van der Waals surface area contributed by atoms with Gasteiger partial charge in [0.1, 0.15) is 0 Å². The van der Waals surface area contributed by atoms with Gasteiger partial charge in [-0.05, 0) is 66.9 Å². The Morgan fingerprint density at radius 3 is 2.29 bits per heavy atom. The zero-order chi connectivity index (χ0) is 23.5. The lowest BCUT2D eigenvalue weighted by Crippen LogP contribution is -2.39. The summed E-state index contributed by atoms with van der Waals surface area (Å²) < 4.78 is 0. The highest BCUT2D eigenvalue weighted by molar-refractivity contribution is 6.00. The number of amides is 2. The van der Waals surface area contributed by atoms with Crippen LogP contribution < -0.4 is 5.32 Å². The van der Waals surface area contributed by atoms with Gasteiger partial charge in [-0.1, -0.05) is 48.5 Å². The Morgan fingerprint density at radius 1 is 0.941 bits per heavy atom. The maximum atomic E-state index is 12.1. The first-order valence-corrected chi connectivity index (χ1v) is 12.0. The van der Waals surface area contributed by atoms with Crippen LogP contribution in [0, 0.1) is 0 Å². The lowest BCUT2D eigenvalue weighted by Gasteiger charge is -2.32. The monoisotopic (exact) mass is 458 g/mol. The first kappa shape index (κ1) is 22.3. The van der Waals surface area contributed by atoms with Crippen LogP contribution in [0.3, 0.4) is 0 Å². The fourth-order valence-corrected chi connectivity index (χ4v) is 5.10. The molecule has 0 bridgehead atoms. The van der Waals surface area contributed by atoms with E-state index in [-0.39, 0.29) is 23.6 Å². The van der Waals surface area contributed by atoms with E-state index in [2.05, 4.69) is 68.9 Å². The Balaban J connectivity index is 1.10. The van der Waals surface area contributed by atoms with Crippen molar-refractivity contribution in [2.24, 2.45) is 0 Å². The van der Waals surface area contributed by atoms with Gasteiger partial charge in [0.05, 0.1) is 11.6 Å². The molecule has 0 spiro atoms. The Labute approximate surface area is 199 Å². The van der Waals surface area contributed by atoms with Crippen molar-refractivity contribution in [1.82, 2.24) is 20.4 Å². The number of aromatic nitrogens is 2. The van der Waals surface area contributed by atoms with Gasteiger partial charge in [0.25, 0.3) is 0 Å². The summed E-state index contributed by atoms with van der Waals surface area (Å²) in [5.41, 5.74) is 5.48. The molecule has 2 aliphatic heterocycles. The Hall–Kier alpha value is -3.45. The number of nitrogens with one attached hydrogen (secondary N) is 2. The summed E-state index contributed by atoms with van der Waals surface area (Å²) in [6.07, 6.45) is 4.30. The van der Waals surface area contributed by atoms with Crippen LogP contribution in [0.5, 0.6) is 5.88 Å². The number of rotatable bonds is 6. The minimum atomic E-state index is -0.214. The molecule has 0 aliphatic carbocycles. The molecule has 1 atom stereocenters. The molecule has 7 heteroatoms. The molecule has 1 aromatic heterocycles. The average Bonchev–Trinajstić information content (AvgIpc) is 3.30. The van der Waals surface area contributed by atoms with Gasteiger partial charge in [-0.15, -0.1) is 5.10 Å². The summed E-state index contributed by atoms with van der Waals surface area (Å²) in [6, 6.07) is 18.5. The van der Waals surface area contributed by atoms with E-state index < -0.39 is 0 Å². The number of aromatic hydroxyl groups is 1. The van der Waals surface area contributed by atoms with E-state index in [1.165, 1.54) is 11.1 Å². The molecule has 3 heterocycles. The quantitative estimate of drug-likeness (QED) is 0.489. The van der Waals surface area contributed by atoms with Crippen LogP contribution in [0.15, 0.2) is 54.6 Å². The maximum Gasteiger partial charge on any atom is 0.234 e. The summed E-state index contributed by atoms with van der Waals surface area (Å²) in [5.74, 6) is 0.00340. The predicted octanol–water partition coefficient (Wildman–Crippen LogP) is 3.72. The van der Waals surface area contributed by atoms with Crippen molar-refractivity contribution in [2.75, 3.05) is 19.6 Å². The van der Waals surface area contributed by atoms with Crippen LogP contribution in [0.1, 0.15) is 54.2 Å². The molecule has 3 N–H and O–H groups in total. The molecule has 176 valence electrons. The largest absolute Gasteiger partial charge is 0.492 e. The van der Waals surface area contributed by atoms with Crippen molar-refractivity contribution in [3.05, 3.63) is 71.3 Å². The standard InChI is InChI=1S/C27H30N4O3/c32-25-10-9-23(27(34)28-25)21-7-5-19(6-8-21)20-12-15-31(16-13-20)14-11-18-1-3-22(4-2-18)24-17-26(33)30-29-24/h1-8,17,20,23H,9-16H2,(H,28,32,34)(H2,29,30,33). The van der Waals surface area contributed by atoms with Crippen LogP contribution in [-0.4, -0.2) is 51.7 Å². The normalized spacial score (nSPS) is 19.8. The highest BCUT2D eigenvalue weighted by Gasteiger charge is 2.28. The van der Waals surface area contributed by atoms with Gasteiger partial charge in [-0.2, -0.15) is 0 Å². The third-order valence-electron chi connectivity index (χ3n) is 7.18. The van der Waals surface area contributed by atoms with E-state index in [0.717, 1.165) is 55.7 Å². The van der Waals surface area contributed by atoms with E-state index in [1.807, 2.05) is 0 Å². The molecule has 2 aliphatic rings. The maximum absolute atomic E-state index is 12.1. The molecule has 1 unspecified atom stereocenters. The molecule has 2 amide bonds. The molecule has 0 saturated carbocycles. The number of carbonyl (C=O) groups excluding carboxylic acids is 2. The average molecular weight is 459 g/mol. The summed E-state index contributed by atoms with van der Waals surface area (Å²) in [5, 5.41) is 18.4. The molecular formula is C27H30N4O3. The first-order chi connectivity index (χ1) is 16.5. The van der Waals surface area contributed by atoms with E-state index in [4.69, 9.17) is 0 Å². The zero-order valence-corrected chi connectivity index (χ0v) is 19.2. The van der Waals surface area contributed by atoms with Crippen LogP contribution in [-0.2, 0) is 16.0 Å². The Morgan fingerprint density at radius 2 is 1.65 bits per heavy atom. The minimum Gasteiger partial charge on any atom is -0.492 e. The van der Waals surface area contributed by atoms with Crippen LogP contribution >= 0.6 is 0 Å². The molecule has 7 nitrogen and oxygen atoms in total. The number of hydrogen-bond donors (Lipinski definition) is 3. The van der Waals surface area contributed by atoms with Crippen LogP contribution in [0.4, 0.5) is 0 Å². The molecule has 2 aromatic carbocycles. The fourth-order valence-electron chi connectivity index (χ4n) is 5.10. The lowest BCUT2D eigenvalue weighted by atomic mass is 9.86. The molecule has 5 rings (SSSR count). The van der Waals surface area contributed by atoms with Gasteiger partial charge in [0.2, 0.25) is 17.7 Å². The van der Waals surface area contributed by atoms with Crippen molar-refractivity contribution >= 4 is 11.8 Å². The Kier molecular flexibility index (Phi) is 6.45. The minimum absolute atomic E-state index is 0.00716. The van der Waals surface area contributed by atoms with Crippen LogP contribution in [0.25, 0.3) is 11.3 Å². The highest BCUT2D eigenvalue weighted by Crippen LogP contribution is 2.31. The second kappa shape index (κ2) is 9.81. The molecule has 3 aromatic rings. The third-order valence-corrected chi connectivity index (χ3v) is 7.18. The van der Waals surface area contributed by atoms with E-state index >= 15 is 0 Å². The Bertz CT molecular complexity index is 1150. The molecule has 2 fully saturated rings. The van der Waals surface area contributed by atoms with E-state index in [9.17, 15) is 14.7 Å². The van der Waals surface area contributed by atoms with Gasteiger partial charge in [-0.25, -0.2) is 0 Å². The van der Waals surface area contributed by atoms with Crippen molar-refractivity contribution in [3.63, 3.8) is 0 Å². The number of H-pyrrole nitrogens is 1. The number of aromatic amines is 1. The van der Waals surface area contributed by atoms with Gasteiger partial charge in [0, 0.05) is 19.0 Å². The smallest absolute Gasteiger partial charge is 0.234 e. The number of hydrogen-bond acceptors (Lipinski definition) is 5. The molecule has 34 heavy (non-hydrogen) atoms. The number of imide groups is 1. The first-order valence-electron chi connectivity index (χ1n) is 12.0. The molecule has 0 radical (unpaired) electrons. The number of benzene rings is 2. The fraction of sp³-hybridized carbons (Fsp3) is 0.370. The van der Waals surface area contributed by atoms with Crippen molar-refractivity contribution in [2.45, 2.75) is 43.9 Å². The summed E-state index contributed by atoms with van der Waals surface area (Å²) in [4.78, 5) is 26.0. The second-order valence-electron chi connectivity index (χ2n) is 9.37. The summed E-state index contributed by atoms with van der Waals surface area (Å²) >= 11 is 0. The highest BCUT2D eigenvalue weighted by atomic mass is 16.3. The SMILES string of the molecule is O=C1CCC(c2ccc(C3CCN(CCc4ccc(-c5cc(O)n[nH]5)cc4)CC3)cc2)C(=O)N1. The van der Waals surface area contributed by atoms with Gasteiger partial charge in [0.15, 0.2) is 0 Å². The lowest BCUT2D eigenvalue weighted by molar-refractivity contribution is -0.134. The number of carbonyl (C=O) groups is 2. The van der Waals surface area contributed by atoms with E-state index in [0.29, 0.717) is 18.8 Å². The number of piperidine rings is 2. The van der Waals surface area contributed by atoms with Crippen molar-refractivity contribution in [1.29, 1.82) is 0 Å². The van der Waals surface area contributed by atoms with Crippen molar-refractivity contribution < 1.29 is 14.7 Å². The van der Waals surface area contributed by atoms with Gasteiger partial charge < -0.3 is 10.0 Å². The molecule has 2 saturated heterocycles. The topological polar surface area (TPSA) is 98.3 Å². The summed E-state index contributed by atoms with van der Waals surface area (Å²) in [7, 11) is 0. The van der Waals surface area contributed by atoms with E-state index in [1.54, 1.807) is 6.07 Å². The summed E-state index contributed by atoms with van der Waals surface area (Å²) in [6.45, 7) is 3.22. The molecular weight excluding hydrogens is 428 g/mol. The number of nitrogens with zero attached hydrogens (tertiary/aromatic N) is 2. The van der Waals surface area contributed by atoms with Crippen LogP contribution in [0.2, 0.25) is 0 Å². The second-order valence-corrected chi connectivity index (χ2v) is 9.37. The zero-order valence-electron chi connectivity index (χ0n) is 19.2. The van der Waals surface area contributed by atoms with Gasteiger partial charge in [-0.3, -0.25) is 20.0 Å². The number of likely N-dealkylation sites (tertiary alicyclic amines) is 1. The van der Waals surface area contributed by atoms with Gasteiger partial charge >= 0.3 is 0 Å².